The average Bonchev–Trinajstić information content (AvgIpc) is 3.62. The number of rotatable bonds is 11. The van der Waals surface area contributed by atoms with Gasteiger partial charge in [0, 0.05) is 31.7 Å². The zero-order valence-electron chi connectivity index (χ0n) is 17.5. The summed E-state index contributed by atoms with van der Waals surface area (Å²) in [4.78, 5) is 2.44. The summed E-state index contributed by atoms with van der Waals surface area (Å²) < 4.78 is 0. The van der Waals surface area contributed by atoms with Gasteiger partial charge in [0.05, 0.1) is 6.10 Å². The Labute approximate surface area is 180 Å². The first-order valence-corrected chi connectivity index (χ1v) is 11.1. The standard InChI is InChI=1S/C27H32N2O/c30-27(19-28-25-16-17-25)26(18-22-10-4-1-5-11-22)29(20-23-12-6-2-7-13-23)21-24-14-8-3-9-15-24/h1-15,25-28,30H,16-21H2/t26-,27+/m0/s1. The third kappa shape index (κ3) is 6.27. The van der Waals surface area contributed by atoms with Crippen molar-refractivity contribution in [3.63, 3.8) is 0 Å². The minimum atomic E-state index is -0.432. The molecule has 1 aliphatic carbocycles. The van der Waals surface area contributed by atoms with Crippen LogP contribution in [0.5, 0.6) is 0 Å². The molecule has 3 heteroatoms. The summed E-state index contributed by atoms with van der Waals surface area (Å²) in [6, 6.07) is 32.3. The van der Waals surface area contributed by atoms with Crippen molar-refractivity contribution in [1.82, 2.24) is 10.2 Å². The first kappa shape index (κ1) is 20.8. The van der Waals surface area contributed by atoms with Gasteiger partial charge in [-0.25, -0.2) is 0 Å². The van der Waals surface area contributed by atoms with Crippen molar-refractivity contribution >= 4 is 0 Å². The van der Waals surface area contributed by atoms with E-state index in [1.54, 1.807) is 0 Å². The topological polar surface area (TPSA) is 35.5 Å². The van der Waals surface area contributed by atoms with Gasteiger partial charge in [-0.05, 0) is 36.0 Å². The van der Waals surface area contributed by atoms with Gasteiger partial charge < -0.3 is 10.4 Å². The molecule has 0 heterocycles. The van der Waals surface area contributed by atoms with E-state index in [0.29, 0.717) is 12.6 Å². The molecule has 156 valence electrons. The van der Waals surface area contributed by atoms with Crippen molar-refractivity contribution < 1.29 is 5.11 Å². The lowest BCUT2D eigenvalue weighted by atomic mass is 9.97. The second kappa shape index (κ2) is 10.5. The van der Waals surface area contributed by atoms with Gasteiger partial charge in [-0.15, -0.1) is 0 Å². The van der Waals surface area contributed by atoms with Gasteiger partial charge >= 0.3 is 0 Å². The van der Waals surface area contributed by atoms with Crippen molar-refractivity contribution in [3.05, 3.63) is 108 Å². The highest BCUT2D eigenvalue weighted by atomic mass is 16.3. The minimum Gasteiger partial charge on any atom is -0.390 e. The van der Waals surface area contributed by atoms with Gasteiger partial charge in [-0.3, -0.25) is 4.90 Å². The Balaban J connectivity index is 1.58. The van der Waals surface area contributed by atoms with Crippen LogP contribution >= 0.6 is 0 Å². The average molecular weight is 401 g/mol. The Morgan fingerprint density at radius 2 is 1.20 bits per heavy atom. The van der Waals surface area contributed by atoms with Gasteiger partial charge in [-0.1, -0.05) is 91.0 Å². The molecule has 0 aliphatic heterocycles. The zero-order chi connectivity index (χ0) is 20.6. The molecule has 4 rings (SSSR count). The smallest absolute Gasteiger partial charge is 0.0823 e. The molecule has 1 saturated carbocycles. The van der Waals surface area contributed by atoms with Crippen LogP contribution in [0, 0.1) is 0 Å². The van der Waals surface area contributed by atoms with Crippen molar-refractivity contribution in [3.8, 4) is 0 Å². The number of hydrogen-bond donors (Lipinski definition) is 2. The fraction of sp³-hybridized carbons (Fsp3) is 0.333. The highest BCUT2D eigenvalue weighted by molar-refractivity contribution is 5.20. The van der Waals surface area contributed by atoms with Gasteiger partial charge in [-0.2, -0.15) is 0 Å². The van der Waals surface area contributed by atoms with E-state index < -0.39 is 6.10 Å². The molecular formula is C27H32N2O. The molecule has 1 aliphatic rings. The van der Waals surface area contributed by atoms with Crippen LogP contribution in [0.1, 0.15) is 29.5 Å². The Hall–Kier alpha value is -2.46. The van der Waals surface area contributed by atoms with Crippen LogP contribution in [0.4, 0.5) is 0 Å². The lowest BCUT2D eigenvalue weighted by molar-refractivity contribution is 0.0391. The first-order valence-electron chi connectivity index (χ1n) is 11.1. The molecule has 0 unspecified atom stereocenters. The molecular weight excluding hydrogens is 368 g/mol. The number of nitrogens with zero attached hydrogens (tertiary/aromatic N) is 1. The number of nitrogens with one attached hydrogen (secondary N) is 1. The second-order valence-corrected chi connectivity index (χ2v) is 8.38. The molecule has 3 nitrogen and oxygen atoms in total. The fourth-order valence-electron chi connectivity index (χ4n) is 4.00. The van der Waals surface area contributed by atoms with Crippen LogP contribution in [0.15, 0.2) is 91.0 Å². The van der Waals surface area contributed by atoms with E-state index in [2.05, 4.69) is 101 Å². The molecule has 2 atom stereocenters. The highest BCUT2D eigenvalue weighted by Crippen LogP contribution is 2.22. The summed E-state index contributed by atoms with van der Waals surface area (Å²) in [5.41, 5.74) is 3.81. The van der Waals surface area contributed by atoms with E-state index >= 15 is 0 Å². The van der Waals surface area contributed by atoms with E-state index in [9.17, 15) is 5.11 Å². The fourth-order valence-corrected chi connectivity index (χ4v) is 4.00. The van der Waals surface area contributed by atoms with E-state index in [0.717, 1.165) is 19.5 Å². The van der Waals surface area contributed by atoms with E-state index in [1.165, 1.54) is 29.5 Å². The van der Waals surface area contributed by atoms with Crippen molar-refractivity contribution in [2.45, 2.75) is 50.5 Å². The van der Waals surface area contributed by atoms with Gasteiger partial charge in [0.2, 0.25) is 0 Å². The summed E-state index contributed by atoms with van der Waals surface area (Å²) in [5, 5.41) is 14.8. The maximum absolute atomic E-state index is 11.3. The van der Waals surface area contributed by atoms with E-state index in [4.69, 9.17) is 0 Å². The minimum absolute atomic E-state index is 0.0269. The summed E-state index contributed by atoms with van der Waals surface area (Å²) >= 11 is 0. The normalized spacial score (nSPS) is 15.8. The predicted molar refractivity (Wildman–Crippen MR) is 123 cm³/mol. The predicted octanol–water partition coefficient (Wildman–Crippen LogP) is 4.41. The van der Waals surface area contributed by atoms with Gasteiger partial charge in [0.1, 0.15) is 0 Å². The summed E-state index contributed by atoms with van der Waals surface area (Å²) in [6.45, 7) is 2.27. The Morgan fingerprint density at radius 1 is 0.733 bits per heavy atom. The van der Waals surface area contributed by atoms with Gasteiger partial charge in [0.25, 0.3) is 0 Å². The van der Waals surface area contributed by atoms with Crippen LogP contribution in [0.25, 0.3) is 0 Å². The van der Waals surface area contributed by atoms with Crippen molar-refractivity contribution in [2.24, 2.45) is 0 Å². The Morgan fingerprint density at radius 3 is 1.67 bits per heavy atom. The van der Waals surface area contributed by atoms with Crippen LogP contribution in [-0.2, 0) is 19.5 Å². The molecule has 0 radical (unpaired) electrons. The van der Waals surface area contributed by atoms with Crippen LogP contribution in [-0.4, -0.2) is 34.7 Å². The molecule has 0 spiro atoms. The molecule has 0 bridgehead atoms. The molecule has 1 fully saturated rings. The number of hydrogen-bond acceptors (Lipinski definition) is 3. The zero-order valence-corrected chi connectivity index (χ0v) is 17.5. The molecule has 0 aromatic heterocycles. The second-order valence-electron chi connectivity index (χ2n) is 8.38. The Bertz CT molecular complexity index is 824. The maximum atomic E-state index is 11.3. The number of aliphatic hydroxyl groups excluding tert-OH is 1. The van der Waals surface area contributed by atoms with Crippen molar-refractivity contribution in [1.29, 1.82) is 0 Å². The largest absolute Gasteiger partial charge is 0.390 e. The van der Waals surface area contributed by atoms with Crippen molar-refractivity contribution in [2.75, 3.05) is 6.54 Å². The number of benzene rings is 3. The van der Waals surface area contributed by atoms with Crippen LogP contribution < -0.4 is 5.32 Å². The third-order valence-corrected chi connectivity index (χ3v) is 5.85. The number of aliphatic hydroxyl groups is 1. The summed E-state index contributed by atoms with van der Waals surface area (Å²) in [6.07, 6.45) is 2.86. The first-order chi connectivity index (χ1) is 14.8. The molecule has 30 heavy (non-hydrogen) atoms. The summed E-state index contributed by atoms with van der Waals surface area (Å²) in [7, 11) is 0. The van der Waals surface area contributed by atoms with Gasteiger partial charge in [0.15, 0.2) is 0 Å². The quantitative estimate of drug-likeness (QED) is 0.500. The van der Waals surface area contributed by atoms with E-state index in [1.807, 2.05) is 0 Å². The molecule has 3 aromatic rings. The maximum Gasteiger partial charge on any atom is 0.0823 e. The SMILES string of the molecule is O[C@H](CNC1CC1)[C@H](Cc1ccccc1)N(Cc1ccccc1)Cc1ccccc1. The summed E-state index contributed by atoms with van der Waals surface area (Å²) in [5.74, 6) is 0. The highest BCUT2D eigenvalue weighted by Gasteiger charge is 2.29. The van der Waals surface area contributed by atoms with E-state index in [-0.39, 0.29) is 6.04 Å². The third-order valence-electron chi connectivity index (χ3n) is 5.85. The molecule has 0 saturated heterocycles. The monoisotopic (exact) mass is 400 g/mol. The van der Waals surface area contributed by atoms with Crippen LogP contribution in [0.2, 0.25) is 0 Å². The molecule has 2 N–H and O–H groups in total. The lowest BCUT2D eigenvalue weighted by Gasteiger charge is -2.35. The van der Waals surface area contributed by atoms with Crippen LogP contribution in [0.3, 0.4) is 0 Å². The Kier molecular flexibility index (Phi) is 7.30. The molecule has 0 amide bonds. The lowest BCUT2D eigenvalue weighted by Crippen LogP contribution is -2.48. The molecule has 3 aromatic carbocycles.